The van der Waals surface area contributed by atoms with Gasteiger partial charge in [0.1, 0.15) is 11.8 Å². The Balaban J connectivity index is 1.58. The van der Waals surface area contributed by atoms with Crippen LogP contribution in [-0.2, 0) is 16.0 Å². The molecule has 3 rings (SSSR count). The van der Waals surface area contributed by atoms with Crippen molar-refractivity contribution in [3.05, 3.63) is 60.2 Å². The number of para-hydroxylation sites is 1. The van der Waals surface area contributed by atoms with Crippen LogP contribution in [0.1, 0.15) is 12.0 Å². The number of nitrogens with zero attached hydrogens (tertiary/aromatic N) is 1. The van der Waals surface area contributed by atoms with Crippen LogP contribution in [0.2, 0.25) is 0 Å². The number of carbonyl (C=O) groups excluding carboxylic acids is 2. The second-order valence-electron chi connectivity index (χ2n) is 5.76. The predicted molar refractivity (Wildman–Crippen MR) is 92.0 cm³/mol. The minimum atomic E-state index is -0.448. The van der Waals surface area contributed by atoms with Gasteiger partial charge in [0.2, 0.25) is 11.8 Å². The minimum absolute atomic E-state index is 0.0516. The Bertz CT molecular complexity index is 713. The number of hydrogen-bond donors (Lipinski definition) is 1. The van der Waals surface area contributed by atoms with Gasteiger partial charge < -0.3 is 15.0 Å². The van der Waals surface area contributed by atoms with Crippen LogP contribution >= 0.6 is 0 Å². The summed E-state index contributed by atoms with van der Waals surface area (Å²) in [5.41, 5.74) is 1.76. The molecule has 1 heterocycles. The summed E-state index contributed by atoms with van der Waals surface area (Å²) >= 11 is 0. The van der Waals surface area contributed by atoms with E-state index in [9.17, 15) is 9.59 Å². The van der Waals surface area contributed by atoms with E-state index < -0.39 is 6.04 Å². The molecular formula is C19H20N2O3. The monoisotopic (exact) mass is 324 g/mol. The molecule has 2 amide bonds. The van der Waals surface area contributed by atoms with Crippen LogP contribution in [0.25, 0.3) is 0 Å². The average Bonchev–Trinajstić information content (AvgIpc) is 2.97. The van der Waals surface area contributed by atoms with Crippen molar-refractivity contribution in [2.75, 3.05) is 18.6 Å². The molecule has 5 nitrogen and oxygen atoms in total. The van der Waals surface area contributed by atoms with Crippen LogP contribution in [0.5, 0.6) is 5.75 Å². The molecule has 0 saturated carbocycles. The van der Waals surface area contributed by atoms with Gasteiger partial charge in [-0.1, -0.05) is 30.3 Å². The molecule has 0 spiro atoms. The predicted octanol–water partition coefficient (Wildman–Crippen LogP) is 2.16. The van der Waals surface area contributed by atoms with Crippen molar-refractivity contribution in [1.29, 1.82) is 0 Å². The van der Waals surface area contributed by atoms with Gasteiger partial charge in [-0.05, 0) is 36.2 Å². The fourth-order valence-corrected chi connectivity index (χ4v) is 2.85. The van der Waals surface area contributed by atoms with Crippen LogP contribution < -0.4 is 15.0 Å². The summed E-state index contributed by atoms with van der Waals surface area (Å²) < 4.78 is 5.10. The maximum atomic E-state index is 12.5. The molecule has 1 unspecified atom stereocenters. The van der Waals surface area contributed by atoms with Gasteiger partial charge in [-0.25, -0.2) is 0 Å². The van der Waals surface area contributed by atoms with Gasteiger partial charge in [0.25, 0.3) is 0 Å². The highest BCUT2D eigenvalue weighted by molar-refractivity contribution is 6.01. The van der Waals surface area contributed by atoms with Crippen LogP contribution in [0.3, 0.4) is 0 Å². The van der Waals surface area contributed by atoms with Crippen LogP contribution in [0.15, 0.2) is 54.6 Å². The Morgan fingerprint density at radius 1 is 1.17 bits per heavy atom. The van der Waals surface area contributed by atoms with E-state index in [1.165, 1.54) is 0 Å². The molecule has 5 heteroatoms. The number of carbonyl (C=O) groups is 2. The highest BCUT2D eigenvalue weighted by atomic mass is 16.5. The van der Waals surface area contributed by atoms with Gasteiger partial charge in [-0.3, -0.25) is 9.59 Å². The standard InChI is InChI=1S/C19H20N2O3/c1-24-16-9-7-14(8-10-16)13-18(22)20-17-11-12-21(19(17)23)15-5-3-2-4-6-15/h2-10,17H,11-13H2,1H3,(H,20,22). The fraction of sp³-hybridized carbons (Fsp3) is 0.263. The Hall–Kier alpha value is -2.82. The third kappa shape index (κ3) is 3.56. The number of rotatable bonds is 5. The number of nitrogens with one attached hydrogen (secondary N) is 1. The number of anilines is 1. The molecule has 1 fully saturated rings. The second-order valence-corrected chi connectivity index (χ2v) is 5.76. The summed E-state index contributed by atoms with van der Waals surface area (Å²) in [5, 5.41) is 2.84. The third-order valence-corrected chi connectivity index (χ3v) is 4.13. The lowest BCUT2D eigenvalue weighted by molar-refractivity contribution is -0.126. The van der Waals surface area contributed by atoms with Crippen molar-refractivity contribution in [1.82, 2.24) is 5.32 Å². The first-order valence-corrected chi connectivity index (χ1v) is 7.96. The first-order chi connectivity index (χ1) is 11.7. The molecule has 2 aromatic rings. The van der Waals surface area contributed by atoms with Crippen molar-refractivity contribution < 1.29 is 14.3 Å². The van der Waals surface area contributed by atoms with Crippen molar-refractivity contribution in [2.24, 2.45) is 0 Å². The molecule has 1 aliphatic rings. The molecule has 2 aromatic carbocycles. The highest BCUT2D eigenvalue weighted by Crippen LogP contribution is 2.21. The minimum Gasteiger partial charge on any atom is -0.497 e. The van der Waals surface area contributed by atoms with Crippen molar-refractivity contribution in [3.8, 4) is 5.75 Å². The number of ether oxygens (including phenoxy) is 1. The molecule has 124 valence electrons. The van der Waals surface area contributed by atoms with Crippen molar-refractivity contribution in [3.63, 3.8) is 0 Å². The number of hydrogen-bond acceptors (Lipinski definition) is 3. The molecule has 0 radical (unpaired) electrons. The van der Waals surface area contributed by atoms with E-state index in [0.717, 1.165) is 17.0 Å². The van der Waals surface area contributed by atoms with E-state index in [1.807, 2.05) is 54.6 Å². The zero-order valence-corrected chi connectivity index (χ0v) is 13.6. The van der Waals surface area contributed by atoms with E-state index in [4.69, 9.17) is 4.74 Å². The first-order valence-electron chi connectivity index (χ1n) is 7.96. The molecule has 0 bridgehead atoms. The van der Waals surface area contributed by atoms with Crippen LogP contribution in [0, 0.1) is 0 Å². The Labute approximate surface area is 141 Å². The quantitative estimate of drug-likeness (QED) is 0.917. The lowest BCUT2D eigenvalue weighted by Crippen LogP contribution is -2.42. The largest absolute Gasteiger partial charge is 0.497 e. The van der Waals surface area contributed by atoms with Gasteiger partial charge in [0.05, 0.1) is 13.5 Å². The molecule has 1 atom stereocenters. The van der Waals surface area contributed by atoms with Gasteiger partial charge in [-0.15, -0.1) is 0 Å². The maximum absolute atomic E-state index is 12.5. The molecule has 1 N–H and O–H groups in total. The normalized spacial score (nSPS) is 17.0. The Morgan fingerprint density at radius 3 is 2.54 bits per heavy atom. The summed E-state index contributed by atoms with van der Waals surface area (Å²) in [5.74, 6) is 0.557. The number of benzene rings is 2. The number of amides is 2. The molecule has 1 saturated heterocycles. The van der Waals surface area contributed by atoms with Crippen LogP contribution in [-0.4, -0.2) is 31.5 Å². The lowest BCUT2D eigenvalue weighted by Gasteiger charge is -2.17. The maximum Gasteiger partial charge on any atom is 0.249 e. The smallest absolute Gasteiger partial charge is 0.249 e. The lowest BCUT2D eigenvalue weighted by atomic mass is 10.1. The van der Waals surface area contributed by atoms with Crippen molar-refractivity contribution >= 4 is 17.5 Å². The van der Waals surface area contributed by atoms with E-state index in [2.05, 4.69) is 5.32 Å². The molecule has 0 aliphatic carbocycles. The molecule has 0 aromatic heterocycles. The summed E-state index contributed by atoms with van der Waals surface area (Å²) in [7, 11) is 1.60. The topological polar surface area (TPSA) is 58.6 Å². The van der Waals surface area contributed by atoms with Gasteiger partial charge >= 0.3 is 0 Å². The summed E-state index contributed by atoms with van der Waals surface area (Å²) in [6.07, 6.45) is 0.876. The highest BCUT2D eigenvalue weighted by Gasteiger charge is 2.33. The zero-order valence-electron chi connectivity index (χ0n) is 13.6. The summed E-state index contributed by atoms with van der Waals surface area (Å²) in [4.78, 5) is 26.4. The van der Waals surface area contributed by atoms with Crippen LogP contribution in [0.4, 0.5) is 5.69 Å². The summed E-state index contributed by atoms with van der Waals surface area (Å²) in [6.45, 7) is 0.621. The van der Waals surface area contributed by atoms with Gasteiger partial charge in [-0.2, -0.15) is 0 Å². The van der Waals surface area contributed by atoms with Gasteiger partial charge in [0.15, 0.2) is 0 Å². The van der Waals surface area contributed by atoms with E-state index in [0.29, 0.717) is 13.0 Å². The zero-order chi connectivity index (χ0) is 16.9. The van der Waals surface area contributed by atoms with Crippen molar-refractivity contribution in [2.45, 2.75) is 18.9 Å². The fourth-order valence-electron chi connectivity index (χ4n) is 2.85. The van der Waals surface area contributed by atoms with Gasteiger partial charge in [0, 0.05) is 12.2 Å². The SMILES string of the molecule is COc1ccc(CC(=O)NC2CCN(c3ccccc3)C2=O)cc1. The first kappa shape index (κ1) is 16.1. The molecular weight excluding hydrogens is 304 g/mol. The summed E-state index contributed by atoms with van der Waals surface area (Å²) in [6, 6.07) is 16.4. The average molecular weight is 324 g/mol. The Morgan fingerprint density at radius 2 is 1.88 bits per heavy atom. The number of methoxy groups -OCH3 is 1. The third-order valence-electron chi connectivity index (χ3n) is 4.13. The Kier molecular flexibility index (Phi) is 4.79. The van der Waals surface area contributed by atoms with E-state index in [-0.39, 0.29) is 18.2 Å². The van der Waals surface area contributed by atoms with E-state index >= 15 is 0 Å². The molecule has 1 aliphatic heterocycles. The molecule has 24 heavy (non-hydrogen) atoms. The van der Waals surface area contributed by atoms with E-state index in [1.54, 1.807) is 12.0 Å². The second kappa shape index (κ2) is 7.17.